The molecular weight excluding hydrogens is 362 g/mol. The van der Waals surface area contributed by atoms with Gasteiger partial charge in [0.05, 0.1) is 5.69 Å². The lowest BCUT2D eigenvalue weighted by Gasteiger charge is -2.35. The van der Waals surface area contributed by atoms with Gasteiger partial charge in [0.2, 0.25) is 0 Å². The van der Waals surface area contributed by atoms with Gasteiger partial charge in [0.1, 0.15) is 0 Å². The molecule has 2 aromatic rings. The van der Waals surface area contributed by atoms with Crippen LogP contribution in [0.2, 0.25) is 0 Å². The maximum Gasteiger partial charge on any atom is 0.274 e. The van der Waals surface area contributed by atoms with E-state index in [9.17, 15) is 13.6 Å². The third kappa shape index (κ3) is 2.83. The van der Waals surface area contributed by atoms with Crippen LogP contribution in [0.5, 0.6) is 0 Å². The fraction of sp³-hybridized carbons (Fsp3) is 0.524. The van der Waals surface area contributed by atoms with E-state index < -0.39 is 11.6 Å². The molecular formula is C21H24F2N4O. The van der Waals surface area contributed by atoms with Crippen molar-refractivity contribution in [3.63, 3.8) is 0 Å². The fourth-order valence-electron chi connectivity index (χ4n) is 5.12. The van der Waals surface area contributed by atoms with Gasteiger partial charge in [-0.3, -0.25) is 4.79 Å². The average molecular weight is 386 g/mol. The molecule has 3 heterocycles. The number of rotatable bonds is 3. The van der Waals surface area contributed by atoms with Gasteiger partial charge in [0.15, 0.2) is 17.3 Å². The number of amides is 1. The van der Waals surface area contributed by atoms with Gasteiger partial charge in [-0.15, -0.1) is 0 Å². The van der Waals surface area contributed by atoms with Crippen LogP contribution in [0.25, 0.3) is 5.69 Å². The summed E-state index contributed by atoms with van der Waals surface area (Å²) in [6.45, 7) is 0. The number of nitrogens with one attached hydrogen (secondary N) is 1. The SMILES string of the molecule is CN(C(=O)c1nn(-c2ccc(F)c(F)c2)c2c1CCC2)C1CC2CCC(C1)N2. The number of hydrogen-bond acceptors (Lipinski definition) is 3. The highest BCUT2D eigenvalue weighted by Crippen LogP contribution is 2.32. The lowest BCUT2D eigenvalue weighted by atomic mass is 9.98. The molecule has 1 amide bonds. The van der Waals surface area contributed by atoms with E-state index >= 15 is 0 Å². The second kappa shape index (κ2) is 6.65. The minimum Gasteiger partial charge on any atom is -0.337 e. The van der Waals surface area contributed by atoms with Crippen LogP contribution in [0.1, 0.15) is 53.8 Å². The number of fused-ring (bicyclic) bond motifs is 3. The van der Waals surface area contributed by atoms with E-state index in [0.717, 1.165) is 55.5 Å². The zero-order chi connectivity index (χ0) is 19.4. The van der Waals surface area contributed by atoms with Gasteiger partial charge in [0.25, 0.3) is 5.91 Å². The van der Waals surface area contributed by atoms with Gasteiger partial charge in [-0.2, -0.15) is 5.10 Å². The molecule has 2 aliphatic heterocycles. The summed E-state index contributed by atoms with van der Waals surface area (Å²) in [5, 5.41) is 8.17. The van der Waals surface area contributed by atoms with Crippen molar-refractivity contribution in [2.45, 2.75) is 63.1 Å². The molecule has 5 nitrogen and oxygen atoms in total. The fourth-order valence-corrected chi connectivity index (χ4v) is 5.12. The first-order chi connectivity index (χ1) is 13.5. The Morgan fingerprint density at radius 1 is 1.18 bits per heavy atom. The van der Waals surface area contributed by atoms with Crippen LogP contribution in [0.4, 0.5) is 8.78 Å². The van der Waals surface area contributed by atoms with Crippen LogP contribution in [0, 0.1) is 11.6 Å². The van der Waals surface area contributed by atoms with Crippen molar-refractivity contribution in [1.82, 2.24) is 20.0 Å². The van der Waals surface area contributed by atoms with Gasteiger partial charge in [-0.1, -0.05) is 0 Å². The van der Waals surface area contributed by atoms with Gasteiger partial charge < -0.3 is 10.2 Å². The van der Waals surface area contributed by atoms with Crippen LogP contribution in [-0.2, 0) is 12.8 Å². The number of benzene rings is 1. The van der Waals surface area contributed by atoms with Crippen LogP contribution in [0.3, 0.4) is 0 Å². The molecule has 5 rings (SSSR count). The molecule has 2 atom stereocenters. The summed E-state index contributed by atoms with van der Waals surface area (Å²) in [5.74, 6) is -1.86. The van der Waals surface area contributed by atoms with Gasteiger partial charge in [0, 0.05) is 42.5 Å². The summed E-state index contributed by atoms with van der Waals surface area (Å²) in [5.41, 5.74) is 2.82. The molecule has 1 aromatic heterocycles. The third-order valence-electron chi connectivity index (χ3n) is 6.60. The average Bonchev–Trinajstić information content (AvgIpc) is 3.38. The highest BCUT2D eigenvalue weighted by Gasteiger charge is 2.38. The van der Waals surface area contributed by atoms with Crippen LogP contribution >= 0.6 is 0 Å². The van der Waals surface area contributed by atoms with Crippen molar-refractivity contribution in [2.24, 2.45) is 0 Å². The highest BCUT2D eigenvalue weighted by atomic mass is 19.2. The molecule has 0 spiro atoms. The topological polar surface area (TPSA) is 50.2 Å². The number of halogens is 2. The molecule has 7 heteroatoms. The molecule has 148 valence electrons. The minimum absolute atomic E-state index is 0.0641. The molecule has 1 aliphatic carbocycles. The molecule has 1 N–H and O–H groups in total. The summed E-state index contributed by atoms with van der Waals surface area (Å²) in [6.07, 6.45) is 6.85. The van der Waals surface area contributed by atoms with E-state index in [0.29, 0.717) is 23.5 Å². The molecule has 2 fully saturated rings. The largest absolute Gasteiger partial charge is 0.337 e. The maximum atomic E-state index is 13.7. The normalized spacial score (nSPS) is 25.8. The smallest absolute Gasteiger partial charge is 0.274 e. The van der Waals surface area contributed by atoms with Crippen molar-refractivity contribution < 1.29 is 13.6 Å². The van der Waals surface area contributed by atoms with Crippen molar-refractivity contribution in [3.05, 3.63) is 46.8 Å². The molecule has 0 radical (unpaired) electrons. The van der Waals surface area contributed by atoms with Crippen LogP contribution in [0.15, 0.2) is 18.2 Å². The first kappa shape index (κ1) is 17.8. The summed E-state index contributed by atoms with van der Waals surface area (Å²) in [4.78, 5) is 15.1. The lowest BCUT2D eigenvalue weighted by molar-refractivity contribution is 0.0674. The number of hydrogen-bond donors (Lipinski definition) is 1. The minimum atomic E-state index is -0.907. The molecule has 0 saturated carbocycles. The van der Waals surface area contributed by atoms with E-state index in [2.05, 4.69) is 10.4 Å². The van der Waals surface area contributed by atoms with E-state index in [1.165, 1.54) is 18.9 Å². The zero-order valence-electron chi connectivity index (χ0n) is 15.9. The van der Waals surface area contributed by atoms with E-state index in [4.69, 9.17) is 0 Å². The van der Waals surface area contributed by atoms with Crippen LogP contribution in [-0.4, -0.2) is 45.8 Å². The second-order valence-corrected chi connectivity index (χ2v) is 8.32. The zero-order valence-corrected chi connectivity index (χ0v) is 15.9. The van der Waals surface area contributed by atoms with Crippen LogP contribution < -0.4 is 5.32 Å². The predicted octanol–water partition coefficient (Wildman–Crippen LogP) is 2.99. The van der Waals surface area contributed by atoms with E-state index in [1.54, 1.807) is 4.68 Å². The number of nitrogens with zero attached hydrogens (tertiary/aromatic N) is 3. The predicted molar refractivity (Wildman–Crippen MR) is 101 cm³/mol. The van der Waals surface area contributed by atoms with Crippen molar-refractivity contribution in [1.29, 1.82) is 0 Å². The Labute approximate surface area is 162 Å². The Hall–Kier alpha value is -2.28. The Bertz CT molecular complexity index is 929. The Balaban J connectivity index is 1.47. The quantitative estimate of drug-likeness (QED) is 0.882. The highest BCUT2D eigenvalue weighted by molar-refractivity contribution is 5.94. The van der Waals surface area contributed by atoms with Gasteiger partial charge in [-0.25, -0.2) is 13.5 Å². The Morgan fingerprint density at radius 2 is 1.93 bits per heavy atom. The second-order valence-electron chi connectivity index (χ2n) is 8.32. The summed E-state index contributed by atoms with van der Waals surface area (Å²) in [6, 6.07) is 4.98. The molecule has 3 aliphatic rings. The van der Waals surface area contributed by atoms with Crippen molar-refractivity contribution in [3.8, 4) is 5.69 Å². The van der Waals surface area contributed by atoms with E-state index in [-0.39, 0.29) is 11.9 Å². The first-order valence-corrected chi connectivity index (χ1v) is 10.1. The number of piperidine rings is 1. The summed E-state index contributed by atoms with van der Waals surface area (Å²) in [7, 11) is 1.87. The first-order valence-electron chi connectivity index (χ1n) is 10.1. The molecule has 2 saturated heterocycles. The van der Waals surface area contributed by atoms with E-state index in [1.807, 2.05) is 11.9 Å². The maximum absolute atomic E-state index is 13.7. The van der Waals surface area contributed by atoms with Crippen molar-refractivity contribution in [2.75, 3.05) is 7.05 Å². The monoisotopic (exact) mass is 386 g/mol. The molecule has 2 bridgehead atoms. The number of carbonyl (C=O) groups is 1. The van der Waals surface area contributed by atoms with Crippen molar-refractivity contribution >= 4 is 5.91 Å². The molecule has 2 unspecified atom stereocenters. The Morgan fingerprint density at radius 3 is 2.64 bits per heavy atom. The lowest BCUT2D eigenvalue weighted by Crippen LogP contribution is -2.48. The number of carbonyl (C=O) groups excluding carboxylic acids is 1. The number of aromatic nitrogens is 2. The summed E-state index contributed by atoms with van der Waals surface area (Å²) < 4.78 is 28.7. The molecule has 28 heavy (non-hydrogen) atoms. The third-order valence-corrected chi connectivity index (χ3v) is 6.60. The standard InChI is InChI=1S/C21H24F2N4O/c1-26(15-9-12-5-6-13(10-15)24-12)21(28)20-16-3-2-4-19(16)27(25-20)14-7-8-17(22)18(23)11-14/h7-8,11-13,15,24H,2-6,9-10H2,1H3. The van der Waals surface area contributed by atoms with Gasteiger partial charge >= 0.3 is 0 Å². The summed E-state index contributed by atoms with van der Waals surface area (Å²) >= 11 is 0. The Kier molecular flexibility index (Phi) is 4.23. The molecule has 1 aromatic carbocycles. The van der Waals surface area contributed by atoms with Gasteiger partial charge in [-0.05, 0) is 57.1 Å².